The van der Waals surface area contributed by atoms with Crippen molar-refractivity contribution < 1.29 is 4.79 Å². The predicted octanol–water partition coefficient (Wildman–Crippen LogP) is 3.91. The van der Waals surface area contributed by atoms with Crippen LogP contribution in [-0.4, -0.2) is 45.7 Å². The lowest BCUT2D eigenvalue weighted by atomic mass is 9.96. The Balaban J connectivity index is 1.14. The Hall–Kier alpha value is -3.61. The van der Waals surface area contributed by atoms with Crippen LogP contribution in [-0.2, 0) is 0 Å². The Labute approximate surface area is 180 Å². The number of piperidine rings is 1. The van der Waals surface area contributed by atoms with Gasteiger partial charge in [-0.15, -0.1) is 0 Å². The highest BCUT2D eigenvalue weighted by Crippen LogP contribution is 2.26. The van der Waals surface area contributed by atoms with Crippen LogP contribution in [0.3, 0.4) is 0 Å². The van der Waals surface area contributed by atoms with Crippen molar-refractivity contribution in [1.29, 1.82) is 0 Å². The lowest BCUT2D eigenvalue weighted by Crippen LogP contribution is -2.38. The van der Waals surface area contributed by atoms with E-state index < -0.39 is 0 Å². The first-order chi connectivity index (χ1) is 15.2. The number of fused-ring (bicyclic) bond motifs is 1. The van der Waals surface area contributed by atoms with Crippen molar-refractivity contribution in [3.8, 4) is 11.3 Å². The highest BCUT2D eigenvalue weighted by atomic mass is 16.1. The van der Waals surface area contributed by atoms with Gasteiger partial charge in [-0.1, -0.05) is 29.8 Å². The monoisotopic (exact) mass is 414 g/mol. The molecule has 1 fully saturated rings. The lowest BCUT2D eigenvalue weighted by molar-refractivity contribution is 0.0945. The molecule has 7 nitrogen and oxygen atoms in total. The maximum Gasteiger partial charge on any atom is 0.251 e. The van der Waals surface area contributed by atoms with Gasteiger partial charge in [0, 0.05) is 31.3 Å². The van der Waals surface area contributed by atoms with Gasteiger partial charge in [0.2, 0.25) is 0 Å². The van der Waals surface area contributed by atoms with E-state index in [2.05, 4.69) is 67.6 Å². The molecule has 0 saturated carbocycles. The zero-order chi connectivity index (χ0) is 21.2. The van der Waals surface area contributed by atoms with Crippen LogP contribution in [0.15, 0.2) is 54.9 Å². The van der Waals surface area contributed by atoms with Crippen molar-refractivity contribution in [3.05, 3.63) is 66.0 Å². The van der Waals surface area contributed by atoms with Gasteiger partial charge in [0.05, 0.1) is 23.1 Å². The molecule has 1 aliphatic rings. The summed E-state index contributed by atoms with van der Waals surface area (Å²) in [5.41, 5.74) is 5.85. The number of hydrogen-bond donors (Lipinski definition) is 3. The highest BCUT2D eigenvalue weighted by Gasteiger charge is 2.22. The van der Waals surface area contributed by atoms with Gasteiger partial charge < -0.3 is 15.2 Å². The third kappa shape index (κ3) is 4.17. The Kier molecular flexibility index (Phi) is 5.16. The summed E-state index contributed by atoms with van der Waals surface area (Å²) < 4.78 is 0. The Morgan fingerprint density at radius 2 is 1.94 bits per heavy atom. The SMILES string of the molecule is Cc1ccc(-c2cc(N3CCC(CNC(=O)c4ccc5nc[nH]c5c4)CC3)n[nH]2)cc1. The van der Waals surface area contributed by atoms with Crippen molar-refractivity contribution >= 4 is 22.8 Å². The third-order valence-electron chi connectivity index (χ3n) is 6.10. The van der Waals surface area contributed by atoms with Crippen molar-refractivity contribution in [2.75, 3.05) is 24.5 Å². The van der Waals surface area contributed by atoms with Crippen molar-refractivity contribution in [3.63, 3.8) is 0 Å². The summed E-state index contributed by atoms with van der Waals surface area (Å²) in [5, 5.41) is 10.8. The van der Waals surface area contributed by atoms with E-state index in [1.807, 2.05) is 18.2 Å². The number of anilines is 1. The Morgan fingerprint density at radius 1 is 1.13 bits per heavy atom. The molecule has 0 bridgehead atoms. The molecule has 0 unspecified atom stereocenters. The van der Waals surface area contributed by atoms with E-state index in [9.17, 15) is 4.79 Å². The van der Waals surface area contributed by atoms with Gasteiger partial charge in [0.15, 0.2) is 5.82 Å². The minimum atomic E-state index is -0.0334. The minimum Gasteiger partial charge on any atom is -0.355 e. The van der Waals surface area contributed by atoms with Crippen LogP contribution in [0.1, 0.15) is 28.8 Å². The minimum absolute atomic E-state index is 0.0334. The summed E-state index contributed by atoms with van der Waals surface area (Å²) in [6, 6.07) is 16.1. The normalized spacial score (nSPS) is 14.8. The number of rotatable bonds is 5. The fourth-order valence-corrected chi connectivity index (χ4v) is 4.14. The number of hydrogen-bond acceptors (Lipinski definition) is 4. The van der Waals surface area contributed by atoms with E-state index in [-0.39, 0.29) is 5.91 Å². The first-order valence-corrected chi connectivity index (χ1v) is 10.7. The molecule has 1 saturated heterocycles. The van der Waals surface area contributed by atoms with Gasteiger partial charge in [-0.3, -0.25) is 9.89 Å². The molecule has 3 N–H and O–H groups in total. The standard InChI is InChI=1S/C24H26N6O/c1-16-2-4-18(5-3-16)21-13-23(29-28-21)30-10-8-17(9-11-30)14-25-24(31)19-6-7-20-22(12-19)27-15-26-20/h2-7,12-13,15,17H,8-11,14H2,1H3,(H,25,31)(H,26,27)(H,28,29). The molecular weight excluding hydrogens is 388 g/mol. The van der Waals surface area contributed by atoms with Gasteiger partial charge in [0.25, 0.3) is 5.91 Å². The lowest BCUT2D eigenvalue weighted by Gasteiger charge is -2.32. The first-order valence-electron chi connectivity index (χ1n) is 10.7. The average Bonchev–Trinajstić information content (AvgIpc) is 3.48. The summed E-state index contributed by atoms with van der Waals surface area (Å²) in [5.74, 6) is 1.44. The number of carbonyl (C=O) groups is 1. The van der Waals surface area contributed by atoms with Gasteiger partial charge in [-0.05, 0) is 49.4 Å². The number of amides is 1. The van der Waals surface area contributed by atoms with Crippen LogP contribution in [0.25, 0.3) is 22.3 Å². The Bertz CT molecular complexity index is 1180. The topological polar surface area (TPSA) is 89.7 Å². The summed E-state index contributed by atoms with van der Waals surface area (Å²) in [6.07, 6.45) is 3.71. The molecule has 31 heavy (non-hydrogen) atoms. The molecular formula is C24H26N6O. The van der Waals surface area contributed by atoms with Crippen LogP contribution >= 0.6 is 0 Å². The van der Waals surface area contributed by atoms with Crippen LogP contribution < -0.4 is 10.2 Å². The largest absolute Gasteiger partial charge is 0.355 e. The molecule has 0 spiro atoms. The second kappa shape index (κ2) is 8.26. The molecule has 0 radical (unpaired) electrons. The van der Waals surface area contributed by atoms with E-state index in [0.29, 0.717) is 18.0 Å². The van der Waals surface area contributed by atoms with Crippen molar-refractivity contribution in [2.45, 2.75) is 19.8 Å². The number of imidazole rings is 1. The zero-order valence-electron chi connectivity index (χ0n) is 17.6. The summed E-state index contributed by atoms with van der Waals surface area (Å²) in [4.78, 5) is 22.1. The fraction of sp³-hybridized carbons (Fsp3) is 0.292. The van der Waals surface area contributed by atoms with E-state index in [1.165, 1.54) is 5.56 Å². The van der Waals surface area contributed by atoms with E-state index in [4.69, 9.17) is 0 Å². The second-order valence-electron chi connectivity index (χ2n) is 8.28. The predicted molar refractivity (Wildman–Crippen MR) is 122 cm³/mol. The number of aryl methyl sites for hydroxylation is 1. The highest BCUT2D eigenvalue weighted by molar-refractivity contribution is 5.97. The van der Waals surface area contributed by atoms with Crippen LogP contribution in [0.4, 0.5) is 5.82 Å². The number of H-pyrrole nitrogens is 2. The van der Waals surface area contributed by atoms with Crippen molar-refractivity contribution in [1.82, 2.24) is 25.5 Å². The molecule has 4 aromatic rings. The maximum absolute atomic E-state index is 12.5. The molecule has 2 aromatic heterocycles. The van der Waals surface area contributed by atoms with E-state index in [0.717, 1.165) is 54.0 Å². The third-order valence-corrected chi connectivity index (χ3v) is 6.10. The summed E-state index contributed by atoms with van der Waals surface area (Å²) in [6.45, 7) is 4.67. The number of nitrogens with zero attached hydrogens (tertiary/aromatic N) is 3. The molecule has 3 heterocycles. The fourth-order valence-electron chi connectivity index (χ4n) is 4.14. The smallest absolute Gasteiger partial charge is 0.251 e. The van der Waals surface area contributed by atoms with Gasteiger partial charge in [-0.2, -0.15) is 5.10 Å². The molecule has 1 amide bonds. The number of aromatic amines is 2. The number of nitrogens with one attached hydrogen (secondary N) is 3. The molecule has 0 aliphatic carbocycles. The summed E-state index contributed by atoms with van der Waals surface area (Å²) in [7, 11) is 0. The van der Waals surface area contributed by atoms with Crippen LogP contribution in [0, 0.1) is 12.8 Å². The molecule has 1 aliphatic heterocycles. The Morgan fingerprint density at radius 3 is 2.74 bits per heavy atom. The molecule has 0 atom stereocenters. The van der Waals surface area contributed by atoms with E-state index in [1.54, 1.807) is 6.33 Å². The van der Waals surface area contributed by atoms with Crippen LogP contribution in [0.2, 0.25) is 0 Å². The van der Waals surface area contributed by atoms with Gasteiger partial charge >= 0.3 is 0 Å². The number of aromatic nitrogens is 4. The maximum atomic E-state index is 12.5. The molecule has 2 aromatic carbocycles. The van der Waals surface area contributed by atoms with Crippen molar-refractivity contribution in [2.24, 2.45) is 5.92 Å². The van der Waals surface area contributed by atoms with Crippen LogP contribution in [0.5, 0.6) is 0 Å². The second-order valence-corrected chi connectivity index (χ2v) is 8.28. The quantitative estimate of drug-likeness (QED) is 0.462. The molecule has 7 heteroatoms. The van der Waals surface area contributed by atoms with Gasteiger partial charge in [-0.25, -0.2) is 4.98 Å². The summed E-state index contributed by atoms with van der Waals surface area (Å²) >= 11 is 0. The molecule has 158 valence electrons. The molecule has 5 rings (SSSR count). The number of benzene rings is 2. The number of carbonyl (C=O) groups excluding carboxylic acids is 1. The van der Waals surface area contributed by atoms with E-state index >= 15 is 0 Å². The first kappa shape index (κ1) is 19.4. The van der Waals surface area contributed by atoms with Gasteiger partial charge in [0.1, 0.15) is 0 Å². The average molecular weight is 415 g/mol. The zero-order valence-corrected chi connectivity index (χ0v) is 17.6.